The first-order valence-electron chi connectivity index (χ1n) is 40.1. The van der Waals surface area contributed by atoms with Crippen molar-refractivity contribution >= 4 is 23.9 Å². The van der Waals surface area contributed by atoms with Gasteiger partial charge >= 0.3 is 23.9 Å². The normalized spacial score (nSPS) is 18.5. The van der Waals surface area contributed by atoms with Gasteiger partial charge in [-0.05, 0) is 274 Å². The van der Waals surface area contributed by atoms with Gasteiger partial charge in [0, 0.05) is 24.2 Å². The number of likely N-dealkylation sites (tertiary alicyclic amines) is 4. The number of carboxylic acid groups (broad SMARTS) is 4. The highest BCUT2D eigenvalue weighted by Crippen LogP contribution is 2.34. The maximum absolute atomic E-state index is 10.6. The molecular formula is C92H120N4O20. The van der Waals surface area contributed by atoms with Crippen LogP contribution in [-0.4, -0.2) is 226 Å². The molecule has 12 atom stereocenters. The fourth-order valence-corrected chi connectivity index (χ4v) is 15.2. The second-order valence-electron chi connectivity index (χ2n) is 30.9. The van der Waals surface area contributed by atoms with Gasteiger partial charge in [0.05, 0.1) is 24.4 Å². The van der Waals surface area contributed by atoms with Crippen LogP contribution in [0.3, 0.4) is 0 Å². The molecule has 12 rings (SSSR count). The number of aliphatic carboxylic acids is 4. The first-order chi connectivity index (χ1) is 55.5. The van der Waals surface area contributed by atoms with Gasteiger partial charge < -0.3 is 81.7 Å². The fourth-order valence-electron chi connectivity index (χ4n) is 15.2. The SMILES string of the molecule is C[C@@H]([C@H](O)c1ccc(O)cc1)N1CCC(Cc2ccccc2)CC1.C[C@@H]([C@H](O)c1ccc(O)cc1)N1CCC(Cc2ccccc2)CC1.C[C@H]([C@@H](O)c1ccc(O)cc1)N1CCC(Cc2ccccc2)CC1.C[C@H]([C@@H](O)c1ccc(O)cc1)N1CCC(Cc2ccccc2)CC1.O=C(O)[C@@H](O)[C@H](O)C(=O)O.O=C(O)[C@H](O)[C@@H](O)C(=O)O. The van der Waals surface area contributed by atoms with E-state index in [1.165, 1.54) is 73.6 Å². The number of carboxylic acids is 4. The molecule has 0 spiro atoms. The third-order valence-corrected chi connectivity index (χ3v) is 22.7. The summed E-state index contributed by atoms with van der Waals surface area (Å²) in [6.45, 7) is 16.7. The maximum atomic E-state index is 10.6. The lowest BCUT2D eigenvalue weighted by Gasteiger charge is -2.38. The minimum absolute atomic E-state index is 0.0900. The van der Waals surface area contributed by atoms with Crippen molar-refractivity contribution in [3.8, 4) is 23.0 Å². The number of phenols is 4. The lowest BCUT2D eigenvalue weighted by Crippen LogP contribution is -2.43. The molecule has 8 aromatic rings. The molecule has 4 fully saturated rings. The summed E-state index contributed by atoms with van der Waals surface area (Å²) in [5, 5.41) is 145. The smallest absolute Gasteiger partial charge is 0.335 e. The van der Waals surface area contributed by atoms with Crippen molar-refractivity contribution in [1.29, 1.82) is 0 Å². The molecule has 0 radical (unpaired) electrons. The number of benzene rings is 8. The van der Waals surface area contributed by atoms with E-state index < -0.39 is 72.7 Å². The fraction of sp³-hybridized carbons (Fsp3) is 0.435. The van der Waals surface area contributed by atoms with E-state index in [-0.39, 0.29) is 47.2 Å². The third-order valence-electron chi connectivity index (χ3n) is 22.7. The molecule has 0 unspecified atom stereocenters. The first kappa shape index (κ1) is 93.5. The van der Waals surface area contributed by atoms with Crippen LogP contribution >= 0.6 is 0 Å². The molecular weight excluding hydrogens is 1480 g/mol. The molecule has 0 aromatic heterocycles. The number of piperidine rings is 4. The number of carbonyl (C=O) groups is 4. The molecule has 628 valence electrons. The Balaban J connectivity index is 0.000000198. The predicted molar refractivity (Wildman–Crippen MR) is 442 cm³/mol. The van der Waals surface area contributed by atoms with Crippen molar-refractivity contribution in [3.63, 3.8) is 0 Å². The Morgan fingerprint density at radius 1 is 0.259 bits per heavy atom. The summed E-state index contributed by atoms with van der Waals surface area (Å²) < 4.78 is 0. The summed E-state index contributed by atoms with van der Waals surface area (Å²) in [7, 11) is 0. The van der Waals surface area contributed by atoms with E-state index in [4.69, 9.17) is 40.9 Å². The van der Waals surface area contributed by atoms with Crippen molar-refractivity contribution < 1.29 is 101 Å². The van der Waals surface area contributed by atoms with Gasteiger partial charge in [0.2, 0.25) is 0 Å². The number of aromatic hydroxyl groups is 4. The molecule has 116 heavy (non-hydrogen) atoms. The van der Waals surface area contributed by atoms with Crippen LogP contribution in [0.2, 0.25) is 0 Å². The number of hydrogen-bond acceptors (Lipinski definition) is 20. The lowest BCUT2D eigenvalue weighted by atomic mass is 9.89. The number of aliphatic hydroxyl groups is 8. The highest BCUT2D eigenvalue weighted by molar-refractivity contribution is 5.83. The van der Waals surface area contributed by atoms with Crippen LogP contribution < -0.4 is 0 Å². The molecule has 4 saturated heterocycles. The van der Waals surface area contributed by atoms with Crippen molar-refractivity contribution in [2.75, 3.05) is 52.4 Å². The average Bonchev–Trinajstić information content (AvgIpc) is 0.850. The molecule has 4 heterocycles. The predicted octanol–water partition coefficient (Wildman–Crippen LogP) is 10.8. The van der Waals surface area contributed by atoms with E-state index in [0.29, 0.717) is 0 Å². The molecule has 0 amide bonds. The van der Waals surface area contributed by atoms with Gasteiger partial charge in [-0.1, -0.05) is 170 Å². The summed E-state index contributed by atoms with van der Waals surface area (Å²) in [4.78, 5) is 48.6. The standard InChI is InChI=1S/4C21H27NO2.2C4H6O6/c4*1-16(21(24)19-7-9-20(23)10-8-19)22-13-11-18(12-14-22)15-17-5-3-2-4-6-17;2*5-1(3(7)8)2(6)4(9)10/h4*2-10,16,18,21,23-24H,11-15H2,1H3;2*1-2,5-6H,(H,7,8)(H,9,10)/t4*16-,21-;2*1-,2-/m110010/s1. The Hall–Kier alpha value is -9.64. The van der Waals surface area contributed by atoms with E-state index in [9.17, 15) is 60.0 Å². The zero-order valence-electron chi connectivity index (χ0n) is 66.7. The van der Waals surface area contributed by atoms with E-state index in [2.05, 4.69) is 169 Å². The van der Waals surface area contributed by atoms with Crippen LogP contribution in [0.4, 0.5) is 0 Å². The van der Waals surface area contributed by atoms with Crippen molar-refractivity contribution in [1.82, 2.24) is 19.6 Å². The van der Waals surface area contributed by atoms with Crippen LogP contribution in [0.25, 0.3) is 0 Å². The Bertz CT molecular complexity index is 3560. The monoisotopic (exact) mass is 1600 g/mol. The largest absolute Gasteiger partial charge is 0.508 e. The summed E-state index contributed by atoms with van der Waals surface area (Å²) in [6, 6.07) is 70.7. The Kier molecular flexibility index (Phi) is 38.8. The van der Waals surface area contributed by atoms with Crippen molar-refractivity contribution in [3.05, 3.63) is 263 Å². The molecule has 24 nitrogen and oxygen atoms in total. The van der Waals surface area contributed by atoms with Crippen molar-refractivity contribution in [2.24, 2.45) is 23.7 Å². The van der Waals surface area contributed by atoms with Crippen LogP contribution in [0.15, 0.2) is 218 Å². The highest BCUT2D eigenvalue weighted by atomic mass is 16.4. The molecule has 0 saturated carbocycles. The van der Waals surface area contributed by atoms with Crippen LogP contribution in [0.1, 0.15) is 148 Å². The second-order valence-corrected chi connectivity index (χ2v) is 30.9. The zero-order chi connectivity index (χ0) is 84.4. The quantitative estimate of drug-likeness (QED) is 0.0239. The van der Waals surface area contributed by atoms with Gasteiger partial charge in [0.15, 0.2) is 24.4 Å². The van der Waals surface area contributed by atoms with Crippen LogP contribution in [0, 0.1) is 23.7 Å². The zero-order valence-corrected chi connectivity index (χ0v) is 66.7. The van der Waals surface area contributed by atoms with Crippen LogP contribution in [0.5, 0.6) is 23.0 Å². The topological polar surface area (TPSA) is 405 Å². The van der Waals surface area contributed by atoms with Gasteiger partial charge in [-0.15, -0.1) is 0 Å². The number of nitrogens with zero attached hydrogens (tertiary/aromatic N) is 4. The third kappa shape index (κ3) is 30.8. The second kappa shape index (κ2) is 48.2. The van der Waals surface area contributed by atoms with E-state index in [1.807, 2.05) is 0 Å². The maximum Gasteiger partial charge on any atom is 0.335 e. The Morgan fingerprint density at radius 3 is 0.543 bits per heavy atom. The van der Waals surface area contributed by atoms with Gasteiger partial charge in [-0.3, -0.25) is 19.6 Å². The molecule has 0 aliphatic carbocycles. The molecule has 4 aliphatic rings. The van der Waals surface area contributed by atoms with E-state index in [0.717, 1.165) is 124 Å². The minimum Gasteiger partial charge on any atom is -0.508 e. The number of aliphatic hydroxyl groups excluding tert-OH is 8. The van der Waals surface area contributed by atoms with Crippen molar-refractivity contribution in [2.45, 2.75) is 178 Å². The summed E-state index contributed by atoms with van der Waals surface area (Å²) in [5.41, 5.74) is 9.17. The molecule has 24 heteroatoms. The number of phenolic OH excluding ortho intramolecular Hbond substituents is 4. The van der Waals surface area contributed by atoms with Gasteiger partial charge in [-0.25, -0.2) is 19.2 Å². The Morgan fingerprint density at radius 2 is 0.405 bits per heavy atom. The van der Waals surface area contributed by atoms with E-state index >= 15 is 0 Å². The summed E-state index contributed by atoms with van der Waals surface area (Å²) >= 11 is 0. The molecule has 0 bridgehead atoms. The van der Waals surface area contributed by atoms with Crippen LogP contribution in [-0.2, 0) is 44.9 Å². The van der Waals surface area contributed by atoms with E-state index in [1.54, 1.807) is 97.1 Å². The Labute approximate surface area is 680 Å². The van der Waals surface area contributed by atoms with Gasteiger partial charge in [0.25, 0.3) is 0 Å². The summed E-state index contributed by atoms with van der Waals surface area (Å²) in [6.07, 6.45) is 2.95. The average molecular weight is 1600 g/mol. The highest BCUT2D eigenvalue weighted by Gasteiger charge is 2.34. The van der Waals surface area contributed by atoms with Gasteiger partial charge in [0.1, 0.15) is 23.0 Å². The van der Waals surface area contributed by atoms with Gasteiger partial charge in [-0.2, -0.15) is 0 Å². The lowest BCUT2D eigenvalue weighted by molar-refractivity contribution is -0.165. The first-order valence-corrected chi connectivity index (χ1v) is 40.1. The summed E-state index contributed by atoms with van der Waals surface area (Å²) in [5.74, 6) is -3.18. The number of rotatable bonds is 26. The molecule has 8 aromatic carbocycles. The molecule has 16 N–H and O–H groups in total. The number of hydrogen-bond donors (Lipinski definition) is 16. The molecule has 4 aliphatic heterocycles. The minimum atomic E-state index is -2.27.